The fourth-order valence-corrected chi connectivity index (χ4v) is 4.55. The summed E-state index contributed by atoms with van der Waals surface area (Å²) in [5.74, 6) is 1.12. The molecule has 1 saturated carbocycles. The molecule has 2 aliphatic rings. The molecule has 32 heavy (non-hydrogen) atoms. The van der Waals surface area contributed by atoms with Gasteiger partial charge in [-0.3, -0.25) is 9.59 Å². The molecule has 2 amide bonds. The Morgan fingerprint density at radius 2 is 1.88 bits per heavy atom. The number of nitrogens with zero attached hydrogens (tertiary/aromatic N) is 1. The van der Waals surface area contributed by atoms with Crippen LogP contribution in [0.25, 0.3) is 0 Å². The van der Waals surface area contributed by atoms with Crippen molar-refractivity contribution in [2.24, 2.45) is 0 Å². The van der Waals surface area contributed by atoms with Crippen LogP contribution in [-0.4, -0.2) is 50.1 Å². The Morgan fingerprint density at radius 3 is 2.62 bits per heavy atom. The summed E-state index contributed by atoms with van der Waals surface area (Å²) in [6, 6.07) is 11.9. The lowest BCUT2D eigenvalue weighted by molar-refractivity contribution is -0.127. The van der Waals surface area contributed by atoms with Gasteiger partial charge in [0.1, 0.15) is 18.4 Å². The summed E-state index contributed by atoms with van der Waals surface area (Å²) >= 11 is 0. The van der Waals surface area contributed by atoms with Crippen LogP contribution in [0.15, 0.2) is 42.5 Å². The predicted octanol–water partition coefficient (Wildman–Crippen LogP) is 3.73. The fraction of sp³-hybridized carbons (Fsp3) is 0.440. The third-order valence-corrected chi connectivity index (χ3v) is 6.19. The summed E-state index contributed by atoms with van der Waals surface area (Å²) in [5, 5.41) is 3.20. The zero-order valence-electron chi connectivity index (χ0n) is 18.6. The van der Waals surface area contributed by atoms with E-state index in [0.29, 0.717) is 28.4 Å². The number of hydrogen-bond acceptors (Lipinski definition) is 5. The van der Waals surface area contributed by atoms with Gasteiger partial charge in [0.25, 0.3) is 5.91 Å². The molecule has 1 aliphatic heterocycles. The van der Waals surface area contributed by atoms with E-state index in [1.165, 1.54) is 6.42 Å². The van der Waals surface area contributed by atoms with Gasteiger partial charge in [-0.15, -0.1) is 0 Å². The van der Waals surface area contributed by atoms with Crippen molar-refractivity contribution in [3.05, 3.63) is 53.6 Å². The van der Waals surface area contributed by atoms with E-state index >= 15 is 0 Å². The van der Waals surface area contributed by atoms with Crippen molar-refractivity contribution in [2.45, 2.75) is 44.2 Å². The molecule has 0 spiro atoms. The highest BCUT2D eigenvalue weighted by molar-refractivity contribution is 6.01. The lowest BCUT2D eigenvalue weighted by Gasteiger charge is -2.32. The van der Waals surface area contributed by atoms with Gasteiger partial charge in [-0.2, -0.15) is 0 Å². The molecule has 0 aromatic heterocycles. The number of fused-ring (bicyclic) bond motifs is 1. The second-order valence-electron chi connectivity index (χ2n) is 8.21. The van der Waals surface area contributed by atoms with E-state index < -0.39 is 6.04 Å². The minimum atomic E-state index is -0.791. The maximum absolute atomic E-state index is 13.6. The molecule has 1 N–H and O–H groups in total. The number of hydrogen-bond donors (Lipinski definition) is 1. The first-order valence-electron chi connectivity index (χ1n) is 11.2. The molecule has 1 unspecified atom stereocenters. The van der Waals surface area contributed by atoms with Crippen LogP contribution in [0.2, 0.25) is 0 Å². The molecule has 7 nitrogen and oxygen atoms in total. The zero-order chi connectivity index (χ0) is 22.5. The molecule has 1 fully saturated rings. The summed E-state index contributed by atoms with van der Waals surface area (Å²) in [5.41, 5.74) is 1.09. The Bertz CT molecular complexity index is 971. The average Bonchev–Trinajstić information content (AvgIpc) is 2.99. The Hall–Kier alpha value is -3.22. The smallest absolute Gasteiger partial charge is 0.258 e. The van der Waals surface area contributed by atoms with Crippen LogP contribution in [0, 0.1) is 0 Å². The molecule has 2 aromatic rings. The molecule has 0 bridgehead atoms. The molecule has 1 heterocycles. The van der Waals surface area contributed by atoms with E-state index in [1.54, 1.807) is 37.3 Å². The number of para-hydroxylation sites is 1. The van der Waals surface area contributed by atoms with Gasteiger partial charge in [-0.25, -0.2) is 0 Å². The van der Waals surface area contributed by atoms with Crippen LogP contribution < -0.4 is 19.5 Å². The number of amides is 2. The first kappa shape index (κ1) is 22.0. The normalized spacial score (nSPS) is 17.6. The maximum Gasteiger partial charge on any atom is 0.258 e. The molecule has 4 rings (SSSR count). The number of ether oxygens (including phenoxy) is 3. The van der Waals surface area contributed by atoms with Crippen LogP contribution in [-0.2, 0) is 4.79 Å². The van der Waals surface area contributed by atoms with E-state index in [-0.39, 0.29) is 31.0 Å². The maximum atomic E-state index is 13.6. The van der Waals surface area contributed by atoms with E-state index in [0.717, 1.165) is 25.7 Å². The quantitative estimate of drug-likeness (QED) is 0.744. The van der Waals surface area contributed by atoms with Crippen molar-refractivity contribution < 1.29 is 23.8 Å². The van der Waals surface area contributed by atoms with Crippen LogP contribution >= 0.6 is 0 Å². The van der Waals surface area contributed by atoms with Crippen molar-refractivity contribution in [3.63, 3.8) is 0 Å². The summed E-state index contributed by atoms with van der Waals surface area (Å²) in [7, 11) is 3.13. The average molecular weight is 439 g/mol. The molecular weight excluding hydrogens is 408 g/mol. The van der Waals surface area contributed by atoms with Crippen molar-refractivity contribution >= 4 is 11.8 Å². The highest BCUT2D eigenvalue weighted by Crippen LogP contribution is 2.36. The molecule has 7 heteroatoms. The van der Waals surface area contributed by atoms with Crippen LogP contribution in [0.3, 0.4) is 0 Å². The number of carbonyl (C=O) groups excluding carboxylic acids is 2. The first-order valence-corrected chi connectivity index (χ1v) is 11.2. The van der Waals surface area contributed by atoms with E-state index in [4.69, 9.17) is 14.2 Å². The lowest BCUT2D eigenvalue weighted by Crippen LogP contribution is -2.47. The minimum Gasteiger partial charge on any atom is -0.497 e. The summed E-state index contributed by atoms with van der Waals surface area (Å²) in [6.07, 6.45) is 5.35. The van der Waals surface area contributed by atoms with Crippen molar-refractivity contribution in [1.29, 1.82) is 0 Å². The lowest BCUT2D eigenvalue weighted by atomic mass is 9.94. The highest BCUT2D eigenvalue weighted by Gasteiger charge is 2.36. The van der Waals surface area contributed by atoms with Gasteiger partial charge in [0.05, 0.1) is 26.3 Å². The zero-order valence-corrected chi connectivity index (χ0v) is 18.6. The molecule has 1 atom stereocenters. The second-order valence-corrected chi connectivity index (χ2v) is 8.21. The van der Waals surface area contributed by atoms with Crippen molar-refractivity contribution in [1.82, 2.24) is 10.2 Å². The number of nitrogens with one attached hydrogen (secondary N) is 1. The standard InChI is InChI=1S/C25H30N2O5/c1-30-19-11-6-8-17(16-19)22(24(28)26-18-9-4-3-5-10-18)27-14-15-32-23-20(25(27)29)12-7-13-21(23)31-2/h6-8,11-13,16,18,22H,3-5,9-10,14-15H2,1-2H3,(H,26,28). The van der Waals surface area contributed by atoms with Gasteiger partial charge in [-0.05, 0) is 42.7 Å². The van der Waals surface area contributed by atoms with Gasteiger partial charge in [0, 0.05) is 6.04 Å². The SMILES string of the molecule is COc1cccc(C(C(=O)NC2CCCCC2)N2CCOc3c(OC)cccc3C2=O)c1. The second kappa shape index (κ2) is 9.94. The highest BCUT2D eigenvalue weighted by atomic mass is 16.5. The number of methoxy groups -OCH3 is 2. The topological polar surface area (TPSA) is 77.1 Å². The monoisotopic (exact) mass is 438 g/mol. The minimum absolute atomic E-state index is 0.134. The van der Waals surface area contributed by atoms with Gasteiger partial charge >= 0.3 is 0 Å². The van der Waals surface area contributed by atoms with Crippen molar-refractivity contribution in [3.8, 4) is 17.2 Å². The van der Waals surface area contributed by atoms with Crippen LogP contribution in [0.1, 0.15) is 54.1 Å². The van der Waals surface area contributed by atoms with Crippen molar-refractivity contribution in [2.75, 3.05) is 27.4 Å². The Balaban J connectivity index is 1.71. The number of rotatable bonds is 6. The molecule has 0 radical (unpaired) electrons. The Labute approximate surface area is 188 Å². The van der Waals surface area contributed by atoms with Gasteiger partial charge in [0.2, 0.25) is 5.91 Å². The third-order valence-electron chi connectivity index (χ3n) is 6.19. The Kier molecular flexibility index (Phi) is 6.83. The fourth-order valence-electron chi connectivity index (χ4n) is 4.55. The third kappa shape index (κ3) is 4.52. The van der Waals surface area contributed by atoms with E-state index in [1.807, 2.05) is 24.3 Å². The molecule has 0 saturated heterocycles. The van der Waals surface area contributed by atoms with Gasteiger partial charge in [-0.1, -0.05) is 37.5 Å². The van der Waals surface area contributed by atoms with Crippen LogP contribution in [0.5, 0.6) is 17.2 Å². The molecule has 1 aliphatic carbocycles. The summed E-state index contributed by atoms with van der Waals surface area (Å²) < 4.78 is 16.7. The Morgan fingerprint density at radius 1 is 1.09 bits per heavy atom. The number of carbonyl (C=O) groups is 2. The molecule has 2 aromatic carbocycles. The van der Waals surface area contributed by atoms with Crippen LogP contribution in [0.4, 0.5) is 0 Å². The summed E-state index contributed by atoms with van der Waals surface area (Å²) in [4.78, 5) is 28.8. The largest absolute Gasteiger partial charge is 0.497 e. The van der Waals surface area contributed by atoms with Gasteiger partial charge < -0.3 is 24.4 Å². The van der Waals surface area contributed by atoms with E-state index in [2.05, 4.69) is 5.32 Å². The summed E-state index contributed by atoms with van der Waals surface area (Å²) in [6.45, 7) is 0.535. The number of benzene rings is 2. The molecule has 170 valence electrons. The van der Waals surface area contributed by atoms with E-state index in [9.17, 15) is 9.59 Å². The van der Waals surface area contributed by atoms with Gasteiger partial charge in [0.15, 0.2) is 11.5 Å². The first-order chi connectivity index (χ1) is 15.6. The predicted molar refractivity (Wildman–Crippen MR) is 120 cm³/mol. The molecular formula is C25H30N2O5.